The SMILES string of the molecule is CC(C)=CC(=O)OCCC1CCO1. The largest absolute Gasteiger partial charge is 0.462 e. The van der Waals surface area contributed by atoms with Crippen molar-refractivity contribution in [3.63, 3.8) is 0 Å². The van der Waals surface area contributed by atoms with E-state index in [1.54, 1.807) is 0 Å². The molecule has 3 nitrogen and oxygen atoms in total. The van der Waals surface area contributed by atoms with E-state index in [-0.39, 0.29) is 5.97 Å². The highest BCUT2D eigenvalue weighted by Gasteiger charge is 2.17. The molecule has 74 valence electrons. The minimum Gasteiger partial charge on any atom is -0.462 e. The van der Waals surface area contributed by atoms with Crippen LogP contribution in [0.5, 0.6) is 0 Å². The Balaban J connectivity index is 2.04. The zero-order valence-corrected chi connectivity index (χ0v) is 8.21. The maximum atomic E-state index is 11.0. The lowest BCUT2D eigenvalue weighted by atomic mass is 10.1. The van der Waals surface area contributed by atoms with Gasteiger partial charge in [0.25, 0.3) is 0 Å². The standard InChI is InChI=1S/C10H16O3/c1-8(2)7-10(11)13-6-4-9-3-5-12-9/h7,9H,3-6H2,1-2H3. The Morgan fingerprint density at radius 3 is 2.77 bits per heavy atom. The van der Waals surface area contributed by atoms with Gasteiger partial charge >= 0.3 is 5.97 Å². The van der Waals surface area contributed by atoms with Crippen LogP contribution in [0, 0.1) is 0 Å². The number of hydrogen-bond donors (Lipinski definition) is 0. The van der Waals surface area contributed by atoms with E-state index >= 15 is 0 Å². The van der Waals surface area contributed by atoms with E-state index in [4.69, 9.17) is 9.47 Å². The fourth-order valence-corrected chi connectivity index (χ4v) is 1.08. The van der Waals surface area contributed by atoms with Crippen LogP contribution in [-0.4, -0.2) is 25.3 Å². The molecule has 1 saturated heterocycles. The molecule has 0 radical (unpaired) electrons. The summed E-state index contributed by atoms with van der Waals surface area (Å²) in [6.07, 6.45) is 3.74. The first-order valence-electron chi connectivity index (χ1n) is 4.62. The molecule has 1 aliphatic rings. The van der Waals surface area contributed by atoms with Gasteiger partial charge in [0.2, 0.25) is 0 Å². The van der Waals surface area contributed by atoms with Crippen LogP contribution in [-0.2, 0) is 14.3 Å². The molecule has 1 unspecified atom stereocenters. The normalized spacial score (nSPS) is 20.3. The van der Waals surface area contributed by atoms with Gasteiger partial charge in [-0.05, 0) is 20.3 Å². The maximum absolute atomic E-state index is 11.0. The summed E-state index contributed by atoms with van der Waals surface area (Å²) in [5.41, 5.74) is 0.963. The third kappa shape index (κ3) is 4.08. The van der Waals surface area contributed by atoms with Crippen LogP contribution in [0.1, 0.15) is 26.7 Å². The quantitative estimate of drug-likeness (QED) is 0.492. The van der Waals surface area contributed by atoms with Gasteiger partial charge in [-0.3, -0.25) is 0 Å². The number of ether oxygens (including phenoxy) is 2. The molecule has 1 rings (SSSR count). The van der Waals surface area contributed by atoms with Crippen molar-refractivity contribution in [3.8, 4) is 0 Å². The lowest BCUT2D eigenvalue weighted by Crippen LogP contribution is -2.28. The molecular weight excluding hydrogens is 168 g/mol. The topological polar surface area (TPSA) is 35.5 Å². The average molecular weight is 184 g/mol. The molecule has 1 heterocycles. The number of rotatable bonds is 4. The van der Waals surface area contributed by atoms with Crippen molar-refractivity contribution in [3.05, 3.63) is 11.6 Å². The van der Waals surface area contributed by atoms with Crippen LogP contribution in [0.25, 0.3) is 0 Å². The smallest absolute Gasteiger partial charge is 0.330 e. The van der Waals surface area contributed by atoms with E-state index in [0.717, 1.165) is 25.0 Å². The molecule has 0 saturated carbocycles. The number of esters is 1. The number of hydrogen-bond acceptors (Lipinski definition) is 3. The fraction of sp³-hybridized carbons (Fsp3) is 0.700. The summed E-state index contributed by atoms with van der Waals surface area (Å²) in [6.45, 7) is 5.06. The Kier molecular flexibility index (Phi) is 3.96. The van der Waals surface area contributed by atoms with Crippen molar-refractivity contribution in [2.45, 2.75) is 32.8 Å². The minimum atomic E-state index is -0.251. The van der Waals surface area contributed by atoms with Gasteiger partial charge in [0.05, 0.1) is 12.7 Å². The van der Waals surface area contributed by atoms with E-state index in [2.05, 4.69) is 0 Å². The molecular formula is C10H16O3. The number of allylic oxidation sites excluding steroid dienone is 1. The van der Waals surface area contributed by atoms with Crippen molar-refractivity contribution in [1.29, 1.82) is 0 Å². The second-order valence-electron chi connectivity index (χ2n) is 3.46. The third-order valence-electron chi connectivity index (χ3n) is 1.88. The molecule has 0 N–H and O–H groups in total. The lowest BCUT2D eigenvalue weighted by Gasteiger charge is -2.25. The van der Waals surface area contributed by atoms with Gasteiger partial charge in [-0.15, -0.1) is 0 Å². The van der Waals surface area contributed by atoms with Crippen molar-refractivity contribution in [1.82, 2.24) is 0 Å². The van der Waals surface area contributed by atoms with Crippen molar-refractivity contribution >= 4 is 5.97 Å². The van der Waals surface area contributed by atoms with Gasteiger partial charge in [-0.1, -0.05) is 5.57 Å². The van der Waals surface area contributed by atoms with Crippen LogP contribution in [0.2, 0.25) is 0 Å². The Morgan fingerprint density at radius 1 is 1.62 bits per heavy atom. The van der Waals surface area contributed by atoms with Crippen LogP contribution >= 0.6 is 0 Å². The Hall–Kier alpha value is -0.830. The van der Waals surface area contributed by atoms with Crippen LogP contribution in [0.4, 0.5) is 0 Å². The second-order valence-corrected chi connectivity index (χ2v) is 3.46. The molecule has 0 amide bonds. The molecule has 0 bridgehead atoms. The van der Waals surface area contributed by atoms with Gasteiger partial charge in [0.15, 0.2) is 0 Å². The highest BCUT2D eigenvalue weighted by atomic mass is 16.5. The molecule has 3 heteroatoms. The first kappa shape index (κ1) is 10.3. The summed E-state index contributed by atoms with van der Waals surface area (Å²) < 4.78 is 10.2. The van der Waals surface area contributed by atoms with Gasteiger partial charge in [-0.2, -0.15) is 0 Å². The van der Waals surface area contributed by atoms with Crippen molar-refractivity contribution in [2.75, 3.05) is 13.2 Å². The zero-order chi connectivity index (χ0) is 9.68. The highest BCUT2D eigenvalue weighted by Crippen LogP contribution is 2.14. The van der Waals surface area contributed by atoms with Gasteiger partial charge < -0.3 is 9.47 Å². The highest BCUT2D eigenvalue weighted by molar-refractivity contribution is 5.82. The summed E-state index contributed by atoms with van der Waals surface area (Å²) in [7, 11) is 0. The van der Waals surface area contributed by atoms with Crippen LogP contribution < -0.4 is 0 Å². The van der Waals surface area contributed by atoms with Gasteiger partial charge in [-0.25, -0.2) is 4.79 Å². The van der Waals surface area contributed by atoms with E-state index in [0.29, 0.717) is 12.7 Å². The molecule has 0 aromatic rings. The molecule has 0 spiro atoms. The molecule has 0 aromatic heterocycles. The Morgan fingerprint density at radius 2 is 2.31 bits per heavy atom. The van der Waals surface area contributed by atoms with E-state index < -0.39 is 0 Å². The maximum Gasteiger partial charge on any atom is 0.330 e. The summed E-state index contributed by atoms with van der Waals surface area (Å²) in [5, 5.41) is 0. The summed E-state index contributed by atoms with van der Waals surface area (Å²) in [5.74, 6) is -0.251. The third-order valence-corrected chi connectivity index (χ3v) is 1.88. The molecule has 1 atom stereocenters. The van der Waals surface area contributed by atoms with Gasteiger partial charge in [0, 0.05) is 19.1 Å². The molecule has 13 heavy (non-hydrogen) atoms. The zero-order valence-electron chi connectivity index (χ0n) is 8.21. The molecule has 1 aliphatic heterocycles. The summed E-state index contributed by atoms with van der Waals surface area (Å²) in [6, 6.07) is 0. The minimum absolute atomic E-state index is 0.251. The average Bonchev–Trinajstić information content (AvgIpc) is 1.92. The predicted molar refractivity (Wildman–Crippen MR) is 49.4 cm³/mol. The monoisotopic (exact) mass is 184 g/mol. The first-order chi connectivity index (χ1) is 6.18. The number of carbonyl (C=O) groups is 1. The van der Waals surface area contributed by atoms with Crippen LogP contribution in [0.15, 0.2) is 11.6 Å². The van der Waals surface area contributed by atoms with Crippen molar-refractivity contribution in [2.24, 2.45) is 0 Å². The number of carbonyl (C=O) groups excluding carboxylic acids is 1. The van der Waals surface area contributed by atoms with Crippen LogP contribution in [0.3, 0.4) is 0 Å². The predicted octanol–water partition coefficient (Wildman–Crippen LogP) is 1.67. The Bertz CT molecular complexity index is 200. The molecule has 1 fully saturated rings. The van der Waals surface area contributed by atoms with Gasteiger partial charge in [0.1, 0.15) is 0 Å². The Labute approximate surface area is 78.7 Å². The summed E-state index contributed by atoms with van der Waals surface area (Å²) >= 11 is 0. The summed E-state index contributed by atoms with van der Waals surface area (Å²) in [4.78, 5) is 11.0. The van der Waals surface area contributed by atoms with Crippen molar-refractivity contribution < 1.29 is 14.3 Å². The molecule has 0 aromatic carbocycles. The van der Waals surface area contributed by atoms with E-state index in [1.807, 2.05) is 13.8 Å². The fourth-order valence-electron chi connectivity index (χ4n) is 1.08. The first-order valence-corrected chi connectivity index (χ1v) is 4.62. The molecule has 0 aliphatic carbocycles. The van der Waals surface area contributed by atoms with E-state index in [1.165, 1.54) is 6.08 Å². The van der Waals surface area contributed by atoms with E-state index in [9.17, 15) is 4.79 Å². The lowest BCUT2D eigenvalue weighted by molar-refractivity contribution is -0.140. The second kappa shape index (κ2) is 5.02.